The lowest BCUT2D eigenvalue weighted by Crippen LogP contribution is -2.29. The Hall–Kier alpha value is -1.44. The number of aliphatic hydroxyl groups is 1. The van der Waals surface area contributed by atoms with Gasteiger partial charge in [-0.05, 0) is 18.9 Å². The summed E-state index contributed by atoms with van der Waals surface area (Å²) in [6, 6.07) is 2.14. The van der Waals surface area contributed by atoms with Crippen LogP contribution in [0.25, 0.3) is 10.2 Å². The van der Waals surface area contributed by atoms with Gasteiger partial charge in [0, 0.05) is 18.0 Å². The molecule has 2 aromatic rings. The van der Waals surface area contributed by atoms with Crippen LogP contribution >= 0.6 is 11.3 Å². The maximum atomic E-state index is 9.32. The van der Waals surface area contributed by atoms with E-state index in [4.69, 9.17) is 5.84 Å². The Morgan fingerprint density at radius 2 is 2.14 bits per heavy atom. The molecule has 7 heteroatoms. The predicted molar refractivity (Wildman–Crippen MR) is 88.8 cm³/mol. The lowest BCUT2D eigenvalue weighted by Gasteiger charge is -2.23. The number of hydrogen-bond acceptors (Lipinski definition) is 7. The average molecular weight is 309 g/mol. The van der Waals surface area contributed by atoms with Crippen molar-refractivity contribution in [3.63, 3.8) is 0 Å². The molecule has 116 valence electrons. The largest absolute Gasteiger partial charge is 0.395 e. The van der Waals surface area contributed by atoms with Crippen LogP contribution in [-0.2, 0) is 6.42 Å². The highest BCUT2D eigenvalue weighted by Crippen LogP contribution is 2.32. The van der Waals surface area contributed by atoms with Crippen LogP contribution in [0.15, 0.2) is 6.07 Å². The summed E-state index contributed by atoms with van der Waals surface area (Å²) < 4.78 is 0. The first kappa shape index (κ1) is 15.9. The molecule has 0 fully saturated rings. The Morgan fingerprint density at radius 1 is 1.33 bits per heavy atom. The summed E-state index contributed by atoms with van der Waals surface area (Å²) in [4.78, 5) is 13.3. The minimum Gasteiger partial charge on any atom is -0.395 e. The van der Waals surface area contributed by atoms with Crippen molar-refractivity contribution in [1.82, 2.24) is 9.97 Å². The van der Waals surface area contributed by atoms with Crippen molar-refractivity contribution >= 4 is 33.3 Å². The summed E-state index contributed by atoms with van der Waals surface area (Å²) in [7, 11) is 0. The van der Waals surface area contributed by atoms with E-state index >= 15 is 0 Å². The highest BCUT2D eigenvalue weighted by Gasteiger charge is 2.16. The van der Waals surface area contributed by atoms with E-state index < -0.39 is 0 Å². The number of nitrogen functional groups attached to an aromatic ring is 1. The molecular weight excluding hydrogens is 286 g/mol. The summed E-state index contributed by atoms with van der Waals surface area (Å²) >= 11 is 1.66. The third-order valence-corrected chi connectivity index (χ3v) is 4.53. The van der Waals surface area contributed by atoms with E-state index in [1.165, 1.54) is 4.88 Å². The maximum absolute atomic E-state index is 9.32. The number of hydrazine groups is 1. The molecule has 0 aliphatic carbocycles. The molecule has 2 heterocycles. The van der Waals surface area contributed by atoms with E-state index in [2.05, 4.69) is 40.2 Å². The minimum absolute atomic E-state index is 0.103. The number of aromatic nitrogens is 2. The highest BCUT2D eigenvalue weighted by molar-refractivity contribution is 7.18. The quantitative estimate of drug-likeness (QED) is 0.511. The molecule has 0 unspecified atom stereocenters. The number of thiophene rings is 1. The number of unbranched alkanes of at least 4 members (excludes halogenated alkanes) is 1. The van der Waals surface area contributed by atoms with Crippen molar-refractivity contribution in [3.05, 3.63) is 10.9 Å². The number of nitrogens with two attached hydrogens (primary N) is 1. The number of rotatable bonds is 8. The van der Waals surface area contributed by atoms with Crippen molar-refractivity contribution in [1.29, 1.82) is 0 Å². The van der Waals surface area contributed by atoms with Gasteiger partial charge in [-0.25, -0.2) is 10.8 Å². The second kappa shape index (κ2) is 7.53. The first-order chi connectivity index (χ1) is 10.2. The minimum atomic E-state index is 0.103. The van der Waals surface area contributed by atoms with Crippen LogP contribution in [0.1, 0.15) is 31.6 Å². The van der Waals surface area contributed by atoms with Crippen molar-refractivity contribution in [2.45, 2.75) is 33.1 Å². The van der Waals surface area contributed by atoms with Crippen LogP contribution in [0.3, 0.4) is 0 Å². The van der Waals surface area contributed by atoms with E-state index in [-0.39, 0.29) is 6.61 Å². The van der Waals surface area contributed by atoms with Crippen LogP contribution in [0.5, 0.6) is 0 Å². The smallest absolute Gasteiger partial charge is 0.240 e. The molecule has 21 heavy (non-hydrogen) atoms. The normalized spacial score (nSPS) is 11.0. The zero-order valence-corrected chi connectivity index (χ0v) is 13.4. The molecule has 2 rings (SSSR count). The summed E-state index contributed by atoms with van der Waals surface area (Å²) in [5.74, 6) is 6.76. The second-order valence-electron chi connectivity index (χ2n) is 4.86. The Kier molecular flexibility index (Phi) is 5.72. The van der Waals surface area contributed by atoms with E-state index in [0.717, 1.165) is 41.8 Å². The third-order valence-electron chi connectivity index (χ3n) is 3.35. The van der Waals surface area contributed by atoms with Crippen LogP contribution in [0.2, 0.25) is 0 Å². The monoisotopic (exact) mass is 309 g/mol. The van der Waals surface area contributed by atoms with Crippen molar-refractivity contribution in [2.24, 2.45) is 5.84 Å². The Balaban J connectivity index is 2.48. The molecule has 0 aromatic carbocycles. The van der Waals surface area contributed by atoms with Crippen LogP contribution in [-0.4, -0.2) is 34.8 Å². The van der Waals surface area contributed by atoms with Crippen molar-refractivity contribution < 1.29 is 5.11 Å². The average Bonchev–Trinajstić information content (AvgIpc) is 2.93. The van der Waals surface area contributed by atoms with Gasteiger partial charge < -0.3 is 10.0 Å². The van der Waals surface area contributed by atoms with Gasteiger partial charge in [0.2, 0.25) is 5.95 Å². The van der Waals surface area contributed by atoms with Gasteiger partial charge in [-0.2, -0.15) is 4.98 Å². The topological polar surface area (TPSA) is 87.3 Å². The maximum Gasteiger partial charge on any atom is 0.240 e. The van der Waals surface area contributed by atoms with Gasteiger partial charge in [-0.15, -0.1) is 11.3 Å². The third kappa shape index (κ3) is 3.61. The summed E-state index contributed by atoms with van der Waals surface area (Å²) in [6.45, 7) is 5.81. The van der Waals surface area contributed by atoms with E-state index in [9.17, 15) is 5.11 Å². The fraction of sp³-hybridized carbons (Fsp3) is 0.571. The van der Waals surface area contributed by atoms with Gasteiger partial charge >= 0.3 is 0 Å². The summed E-state index contributed by atoms with van der Waals surface area (Å²) in [5.41, 5.74) is 2.54. The molecule has 0 saturated heterocycles. The summed E-state index contributed by atoms with van der Waals surface area (Å²) in [5, 5.41) is 10.4. The molecule has 0 amide bonds. The number of hydrogen-bond donors (Lipinski definition) is 3. The fourth-order valence-electron chi connectivity index (χ4n) is 2.23. The highest BCUT2D eigenvalue weighted by atomic mass is 32.1. The van der Waals surface area contributed by atoms with Crippen LogP contribution in [0, 0.1) is 0 Å². The van der Waals surface area contributed by atoms with Gasteiger partial charge in [0.1, 0.15) is 10.6 Å². The second-order valence-corrected chi connectivity index (χ2v) is 5.98. The lowest BCUT2D eigenvalue weighted by molar-refractivity contribution is 0.301. The van der Waals surface area contributed by atoms with Gasteiger partial charge in [0.15, 0.2) is 0 Å². The van der Waals surface area contributed by atoms with Crippen LogP contribution in [0.4, 0.5) is 11.8 Å². The Morgan fingerprint density at radius 3 is 2.76 bits per heavy atom. The van der Waals surface area contributed by atoms with Crippen LogP contribution < -0.4 is 16.2 Å². The number of nitrogens with one attached hydrogen (secondary N) is 1. The van der Waals surface area contributed by atoms with Gasteiger partial charge in [-0.1, -0.05) is 20.3 Å². The molecule has 0 spiro atoms. The van der Waals surface area contributed by atoms with E-state index in [1.807, 2.05) is 0 Å². The number of anilines is 2. The predicted octanol–water partition coefficient (Wildman–Crippen LogP) is 2.14. The van der Waals surface area contributed by atoms with Crippen molar-refractivity contribution in [2.75, 3.05) is 30.0 Å². The number of fused-ring (bicyclic) bond motifs is 1. The van der Waals surface area contributed by atoms with Gasteiger partial charge in [0.05, 0.1) is 12.0 Å². The molecule has 0 aliphatic rings. The molecule has 2 aromatic heterocycles. The number of aryl methyl sites for hydroxylation is 1. The van der Waals surface area contributed by atoms with E-state index in [1.54, 1.807) is 11.3 Å². The standard InChI is InChI=1S/C14H23N5OS/c1-3-5-6-19(7-8-20)12-11-9-10(4-2)21-13(11)17-14(16-12)18-15/h9,20H,3-8,15H2,1-2H3,(H,16,17,18). The van der Waals surface area contributed by atoms with Crippen molar-refractivity contribution in [3.8, 4) is 0 Å². The molecule has 0 saturated carbocycles. The first-order valence-corrected chi connectivity index (χ1v) is 8.18. The van der Waals surface area contributed by atoms with E-state index in [0.29, 0.717) is 12.5 Å². The molecular formula is C14H23N5OS. The number of nitrogens with zero attached hydrogens (tertiary/aromatic N) is 3. The summed E-state index contributed by atoms with van der Waals surface area (Å²) in [6.07, 6.45) is 3.13. The number of aliphatic hydroxyl groups excluding tert-OH is 1. The van der Waals surface area contributed by atoms with Gasteiger partial charge in [-0.3, -0.25) is 5.43 Å². The fourth-order valence-corrected chi connectivity index (χ4v) is 3.19. The Labute approximate surface area is 129 Å². The zero-order chi connectivity index (χ0) is 15.2. The molecule has 4 N–H and O–H groups in total. The Bertz CT molecular complexity index is 586. The lowest BCUT2D eigenvalue weighted by atomic mass is 10.2. The molecule has 6 nitrogen and oxygen atoms in total. The zero-order valence-electron chi connectivity index (χ0n) is 12.6. The van der Waals surface area contributed by atoms with Gasteiger partial charge in [0.25, 0.3) is 0 Å². The molecule has 0 aliphatic heterocycles. The SMILES string of the molecule is CCCCN(CCO)c1nc(NN)nc2sc(CC)cc12. The molecule has 0 bridgehead atoms. The first-order valence-electron chi connectivity index (χ1n) is 7.36. The molecule has 0 radical (unpaired) electrons. The molecule has 0 atom stereocenters.